The van der Waals surface area contributed by atoms with Crippen molar-refractivity contribution >= 4 is 0 Å². The molecule has 0 aromatic heterocycles. The molecule has 1 aromatic rings. The van der Waals surface area contributed by atoms with E-state index in [2.05, 4.69) is 0 Å². The molecule has 18 heavy (non-hydrogen) atoms. The second-order valence-corrected chi connectivity index (χ2v) is 4.07. The SMILES string of the molecule is CCOCCOC(C)C(N)c1ccc(OC)cc1. The molecule has 0 fully saturated rings. The normalized spacial score (nSPS) is 14.2. The van der Waals surface area contributed by atoms with Gasteiger partial charge in [0.1, 0.15) is 5.75 Å². The Bertz CT molecular complexity index is 326. The highest BCUT2D eigenvalue weighted by molar-refractivity contribution is 5.29. The van der Waals surface area contributed by atoms with Crippen LogP contribution in [0.4, 0.5) is 0 Å². The van der Waals surface area contributed by atoms with Crippen LogP contribution in [0.15, 0.2) is 24.3 Å². The maximum absolute atomic E-state index is 6.14. The Morgan fingerprint density at radius 2 is 1.83 bits per heavy atom. The Morgan fingerprint density at radius 3 is 2.39 bits per heavy atom. The first-order valence-electron chi connectivity index (χ1n) is 6.28. The smallest absolute Gasteiger partial charge is 0.118 e. The molecule has 2 atom stereocenters. The quantitative estimate of drug-likeness (QED) is 0.721. The summed E-state index contributed by atoms with van der Waals surface area (Å²) in [4.78, 5) is 0. The van der Waals surface area contributed by atoms with E-state index >= 15 is 0 Å². The molecule has 102 valence electrons. The molecular formula is C14H23NO3. The van der Waals surface area contributed by atoms with E-state index in [9.17, 15) is 0 Å². The largest absolute Gasteiger partial charge is 0.497 e. The van der Waals surface area contributed by atoms with E-state index in [1.807, 2.05) is 38.1 Å². The van der Waals surface area contributed by atoms with E-state index in [1.165, 1.54) is 0 Å². The summed E-state index contributed by atoms with van der Waals surface area (Å²) in [6, 6.07) is 7.60. The minimum Gasteiger partial charge on any atom is -0.497 e. The first-order valence-corrected chi connectivity index (χ1v) is 6.28. The third-order valence-electron chi connectivity index (χ3n) is 2.82. The molecule has 0 saturated heterocycles. The zero-order valence-electron chi connectivity index (χ0n) is 11.4. The van der Waals surface area contributed by atoms with E-state index in [0.29, 0.717) is 19.8 Å². The van der Waals surface area contributed by atoms with Crippen molar-refractivity contribution in [2.75, 3.05) is 26.9 Å². The molecule has 0 aliphatic rings. The monoisotopic (exact) mass is 253 g/mol. The van der Waals surface area contributed by atoms with Gasteiger partial charge in [0.15, 0.2) is 0 Å². The molecule has 0 saturated carbocycles. The van der Waals surface area contributed by atoms with Gasteiger partial charge in [-0.25, -0.2) is 0 Å². The second kappa shape index (κ2) is 8.08. The molecule has 1 aromatic carbocycles. The molecule has 0 bridgehead atoms. The predicted molar refractivity (Wildman–Crippen MR) is 71.8 cm³/mol. The van der Waals surface area contributed by atoms with Crippen LogP contribution in [0.5, 0.6) is 5.75 Å². The van der Waals surface area contributed by atoms with Gasteiger partial charge in [0.2, 0.25) is 0 Å². The highest BCUT2D eigenvalue weighted by Crippen LogP contribution is 2.19. The fraction of sp³-hybridized carbons (Fsp3) is 0.571. The number of nitrogens with two attached hydrogens (primary N) is 1. The molecule has 4 heteroatoms. The van der Waals surface area contributed by atoms with E-state index in [1.54, 1.807) is 7.11 Å². The van der Waals surface area contributed by atoms with E-state index in [4.69, 9.17) is 19.9 Å². The first kappa shape index (κ1) is 15.0. The van der Waals surface area contributed by atoms with Gasteiger partial charge in [0.05, 0.1) is 32.5 Å². The van der Waals surface area contributed by atoms with Crippen LogP contribution in [-0.2, 0) is 9.47 Å². The highest BCUT2D eigenvalue weighted by atomic mass is 16.5. The number of methoxy groups -OCH3 is 1. The summed E-state index contributed by atoms with van der Waals surface area (Å²) >= 11 is 0. The summed E-state index contributed by atoms with van der Waals surface area (Å²) in [6.45, 7) is 5.82. The van der Waals surface area contributed by atoms with Crippen molar-refractivity contribution < 1.29 is 14.2 Å². The lowest BCUT2D eigenvalue weighted by Gasteiger charge is -2.21. The Morgan fingerprint density at radius 1 is 1.17 bits per heavy atom. The van der Waals surface area contributed by atoms with Crippen LogP contribution < -0.4 is 10.5 Å². The van der Waals surface area contributed by atoms with Gasteiger partial charge in [-0.15, -0.1) is 0 Å². The highest BCUT2D eigenvalue weighted by Gasteiger charge is 2.15. The molecule has 1 rings (SSSR count). The summed E-state index contributed by atoms with van der Waals surface area (Å²) < 4.78 is 16.0. The van der Waals surface area contributed by atoms with E-state index in [-0.39, 0.29) is 12.1 Å². The maximum atomic E-state index is 6.14. The summed E-state index contributed by atoms with van der Waals surface area (Å²) in [5, 5.41) is 0. The van der Waals surface area contributed by atoms with Gasteiger partial charge in [0.25, 0.3) is 0 Å². The Balaban J connectivity index is 2.43. The Hall–Kier alpha value is -1.10. The van der Waals surface area contributed by atoms with Crippen LogP contribution >= 0.6 is 0 Å². The van der Waals surface area contributed by atoms with Crippen LogP contribution in [-0.4, -0.2) is 33.0 Å². The average Bonchev–Trinajstić information content (AvgIpc) is 2.42. The second-order valence-electron chi connectivity index (χ2n) is 4.07. The number of hydrogen-bond acceptors (Lipinski definition) is 4. The zero-order chi connectivity index (χ0) is 13.4. The fourth-order valence-corrected chi connectivity index (χ4v) is 1.64. The molecule has 0 radical (unpaired) electrons. The van der Waals surface area contributed by atoms with Crippen molar-refractivity contribution in [1.29, 1.82) is 0 Å². The first-order chi connectivity index (χ1) is 8.69. The van der Waals surface area contributed by atoms with Crippen LogP contribution in [0.1, 0.15) is 25.5 Å². The van der Waals surface area contributed by atoms with Crippen LogP contribution in [0.25, 0.3) is 0 Å². The van der Waals surface area contributed by atoms with Gasteiger partial charge in [-0.05, 0) is 31.5 Å². The summed E-state index contributed by atoms with van der Waals surface area (Å²) in [5.74, 6) is 0.830. The summed E-state index contributed by atoms with van der Waals surface area (Å²) in [7, 11) is 1.65. The lowest BCUT2D eigenvalue weighted by molar-refractivity contribution is 0.00463. The molecule has 0 spiro atoms. The third kappa shape index (κ3) is 4.64. The third-order valence-corrected chi connectivity index (χ3v) is 2.82. The van der Waals surface area contributed by atoms with E-state index in [0.717, 1.165) is 11.3 Å². The van der Waals surface area contributed by atoms with Crippen molar-refractivity contribution in [2.45, 2.75) is 26.0 Å². The average molecular weight is 253 g/mol. The van der Waals surface area contributed by atoms with Gasteiger partial charge in [-0.3, -0.25) is 0 Å². The molecule has 0 heterocycles. The molecule has 0 amide bonds. The number of hydrogen-bond donors (Lipinski definition) is 1. The molecule has 0 aliphatic carbocycles. The van der Waals surface area contributed by atoms with Gasteiger partial charge < -0.3 is 19.9 Å². The Kier molecular flexibility index (Phi) is 6.72. The molecule has 0 aliphatic heterocycles. The minimum absolute atomic E-state index is 0.0427. The van der Waals surface area contributed by atoms with Crippen molar-refractivity contribution in [3.05, 3.63) is 29.8 Å². The van der Waals surface area contributed by atoms with Gasteiger partial charge in [-0.1, -0.05) is 12.1 Å². The van der Waals surface area contributed by atoms with Crippen molar-refractivity contribution in [2.24, 2.45) is 5.73 Å². The van der Waals surface area contributed by atoms with E-state index < -0.39 is 0 Å². The van der Waals surface area contributed by atoms with Crippen LogP contribution in [0.2, 0.25) is 0 Å². The Labute approximate surface area is 109 Å². The van der Waals surface area contributed by atoms with Crippen molar-refractivity contribution in [1.82, 2.24) is 0 Å². The number of ether oxygens (including phenoxy) is 3. The lowest BCUT2D eigenvalue weighted by atomic mass is 10.0. The maximum Gasteiger partial charge on any atom is 0.118 e. The van der Waals surface area contributed by atoms with Crippen molar-refractivity contribution in [3.63, 3.8) is 0 Å². The van der Waals surface area contributed by atoms with Crippen LogP contribution in [0, 0.1) is 0 Å². The lowest BCUT2D eigenvalue weighted by Crippen LogP contribution is -2.27. The summed E-state index contributed by atoms with van der Waals surface area (Å²) in [5.41, 5.74) is 7.18. The fourth-order valence-electron chi connectivity index (χ4n) is 1.64. The van der Waals surface area contributed by atoms with Gasteiger partial charge >= 0.3 is 0 Å². The minimum atomic E-state index is -0.141. The number of rotatable bonds is 8. The number of benzene rings is 1. The molecule has 2 unspecified atom stereocenters. The molecular weight excluding hydrogens is 230 g/mol. The van der Waals surface area contributed by atoms with Crippen molar-refractivity contribution in [3.8, 4) is 5.75 Å². The predicted octanol–water partition coefficient (Wildman–Crippen LogP) is 2.14. The van der Waals surface area contributed by atoms with Crippen LogP contribution in [0.3, 0.4) is 0 Å². The molecule has 4 nitrogen and oxygen atoms in total. The standard InChI is InChI=1S/C14H23NO3/c1-4-17-9-10-18-11(2)14(15)12-5-7-13(16-3)8-6-12/h5-8,11,14H,4,9-10,15H2,1-3H3. The molecule has 2 N–H and O–H groups in total. The van der Waals surface area contributed by atoms with Gasteiger partial charge in [0, 0.05) is 6.61 Å². The zero-order valence-corrected chi connectivity index (χ0v) is 11.4. The summed E-state index contributed by atoms with van der Waals surface area (Å²) in [6.07, 6.45) is -0.0427. The topological polar surface area (TPSA) is 53.7 Å². The van der Waals surface area contributed by atoms with Gasteiger partial charge in [-0.2, -0.15) is 0 Å².